The van der Waals surface area contributed by atoms with Crippen molar-refractivity contribution in [3.63, 3.8) is 0 Å². The molecule has 0 aromatic heterocycles. The highest BCUT2D eigenvalue weighted by atomic mass is 79.9. The van der Waals surface area contributed by atoms with Crippen LogP contribution in [0, 0.1) is 5.92 Å². The predicted molar refractivity (Wildman–Crippen MR) is 86.2 cm³/mol. The molecule has 4 nitrogen and oxygen atoms in total. The van der Waals surface area contributed by atoms with Gasteiger partial charge >= 0.3 is 5.97 Å². The second-order valence-corrected chi connectivity index (χ2v) is 5.85. The minimum Gasteiger partial charge on any atom is -0.490 e. The Morgan fingerprint density at radius 2 is 1.81 bits per heavy atom. The Balaban J connectivity index is 2.82. The van der Waals surface area contributed by atoms with Gasteiger partial charge in [-0.2, -0.15) is 0 Å². The van der Waals surface area contributed by atoms with Crippen LogP contribution in [0.15, 0.2) is 16.6 Å². The van der Waals surface area contributed by atoms with E-state index in [1.807, 2.05) is 32.9 Å². The molecule has 0 aliphatic carbocycles. The van der Waals surface area contributed by atoms with Crippen LogP contribution in [0.1, 0.15) is 39.2 Å². The van der Waals surface area contributed by atoms with Crippen LogP contribution in [-0.2, 0) is 11.2 Å². The number of hydrogen-bond donors (Lipinski definition) is 1. The van der Waals surface area contributed by atoms with Gasteiger partial charge in [-0.3, -0.25) is 4.79 Å². The third kappa shape index (κ3) is 5.96. The summed E-state index contributed by atoms with van der Waals surface area (Å²) in [6.07, 6.45) is 1.83. The molecule has 21 heavy (non-hydrogen) atoms. The minimum atomic E-state index is -0.747. The molecule has 0 amide bonds. The van der Waals surface area contributed by atoms with Gasteiger partial charge in [0.1, 0.15) is 0 Å². The Labute approximate surface area is 134 Å². The number of hydrogen-bond acceptors (Lipinski definition) is 3. The SMILES string of the molecule is CCOc1cc(Br)c(CCC(C)CC(=O)O)cc1OCC. The van der Waals surface area contributed by atoms with Crippen LogP contribution in [0.3, 0.4) is 0 Å². The topological polar surface area (TPSA) is 55.8 Å². The first kappa shape index (κ1) is 17.8. The van der Waals surface area contributed by atoms with Crippen LogP contribution in [0.5, 0.6) is 11.5 Å². The lowest BCUT2D eigenvalue weighted by Crippen LogP contribution is -2.06. The summed E-state index contributed by atoms with van der Waals surface area (Å²) >= 11 is 3.55. The number of carboxylic acid groups (broad SMARTS) is 1. The van der Waals surface area contributed by atoms with Crippen molar-refractivity contribution in [3.8, 4) is 11.5 Å². The molecule has 0 heterocycles. The third-order valence-corrected chi connectivity index (χ3v) is 3.88. The van der Waals surface area contributed by atoms with E-state index in [2.05, 4.69) is 15.9 Å². The number of halogens is 1. The summed E-state index contributed by atoms with van der Waals surface area (Å²) in [7, 11) is 0. The number of carbonyl (C=O) groups is 1. The van der Waals surface area contributed by atoms with Crippen LogP contribution in [0.25, 0.3) is 0 Å². The Bertz CT molecular complexity index is 474. The Morgan fingerprint density at radius 3 is 2.33 bits per heavy atom. The average molecular weight is 359 g/mol. The highest BCUT2D eigenvalue weighted by Crippen LogP contribution is 2.34. The maximum absolute atomic E-state index is 10.7. The molecule has 1 atom stereocenters. The van der Waals surface area contributed by atoms with E-state index in [1.54, 1.807) is 0 Å². The Hall–Kier alpha value is -1.23. The molecule has 1 rings (SSSR count). The normalized spacial score (nSPS) is 12.0. The lowest BCUT2D eigenvalue weighted by molar-refractivity contribution is -0.138. The van der Waals surface area contributed by atoms with Gasteiger partial charge in [0.2, 0.25) is 0 Å². The third-order valence-electron chi connectivity index (χ3n) is 3.14. The van der Waals surface area contributed by atoms with Crippen molar-refractivity contribution < 1.29 is 19.4 Å². The fraction of sp³-hybridized carbons (Fsp3) is 0.562. The second kappa shape index (κ2) is 8.93. The van der Waals surface area contributed by atoms with Crippen LogP contribution < -0.4 is 9.47 Å². The predicted octanol–water partition coefficient (Wildman–Crippen LogP) is 4.29. The molecule has 0 radical (unpaired) electrons. The summed E-state index contributed by atoms with van der Waals surface area (Å²) in [5.41, 5.74) is 1.11. The molecule has 1 N–H and O–H groups in total. The molecule has 0 bridgehead atoms. The fourth-order valence-electron chi connectivity index (χ4n) is 2.11. The molecule has 0 aliphatic rings. The maximum Gasteiger partial charge on any atom is 0.303 e. The monoisotopic (exact) mass is 358 g/mol. The van der Waals surface area contributed by atoms with E-state index in [9.17, 15) is 4.79 Å². The van der Waals surface area contributed by atoms with Crippen LogP contribution in [0.4, 0.5) is 0 Å². The zero-order chi connectivity index (χ0) is 15.8. The largest absolute Gasteiger partial charge is 0.490 e. The smallest absolute Gasteiger partial charge is 0.303 e. The van der Waals surface area contributed by atoms with Gasteiger partial charge in [0, 0.05) is 10.9 Å². The summed E-state index contributed by atoms with van der Waals surface area (Å²) < 4.78 is 12.2. The summed E-state index contributed by atoms with van der Waals surface area (Å²) in [6.45, 7) is 7.00. The average Bonchev–Trinajstić information content (AvgIpc) is 2.40. The molecule has 0 saturated carbocycles. The van der Waals surface area contributed by atoms with Gasteiger partial charge in [0.15, 0.2) is 11.5 Å². The van der Waals surface area contributed by atoms with Gasteiger partial charge in [-0.15, -0.1) is 0 Å². The van der Waals surface area contributed by atoms with Gasteiger partial charge in [0.05, 0.1) is 13.2 Å². The van der Waals surface area contributed by atoms with E-state index in [4.69, 9.17) is 14.6 Å². The Morgan fingerprint density at radius 1 is 1.24 bits per heavy atom. The molecule has 1 unspecified atom stereocenters. The molecule has 5 heteroatoms. The summed E-state index contributed by atoms with van der Waals surface area (Å²) in [4.78, 5) is 10.7. The molecular weight excluding hydrogens is 336 g/mol. The summed E-state index contributed by atoms with van der Waals surface area (Å²) in [5.74, 6) is 0.872. The van der Waals surface area contributed by atoms with E-state index in [0.29, 0.717) is 13.2 Å². The van der Waals surface area contributed by atoms with Crippen LogP contribution in [0.2, 0.25) is 0 Å². The van der Waals surface area contributed by atoms with Crippen molar-refractivity contribution in [2.24, 2.45) is 5.92 Å². The first-order chi connectivity index (χ1) is 9.97. The lowest BCUT2D eigenvalue weighted by atomic mass is 9.98. The molecule has 1 aromatic rings. The zero-order valence-electron chi connectivity index (χ0n) is 12.8. The quantitative estimate of drug-likeness (QED) is 0.715. The number of carboxylic acids is 1. The lowest BCUT2D eigenvalue weighted by Gasteiger charge is -2.15. The highest BCUT2D eigenvalue weighted by Gasteiger charge is 2.13. The molecule has 0 spiro atoms. The van der Waals surface area contributed by atoms with E-state index in [1.165, 1.54) is 0 Å². The number of rotatable bonds is 9. The summed E-state index contributed by atoms with van der Waals surface area (Å²) in [6, 6.07) is 3.90. The molecule has 0 aliphatic heterocycles. The second-order valence-electron chi connectivity index (χ2n) is 5.00. The first-order valence-corrected chi connectivity index (χ1v) is 8.07. The minimum absolute atomic E-state index is 0.150. The maximum atomic E-state index is 10.7. The van der Waals surface area contributed by atoms with Gasteiger partial charge in [-0.25, -0.2) is 0 Å². The van der Waals surface area contributed by atoms with Gasteiger partial charge in [-0.1, -0.05) is 22.9 Å². The molecule has 1 aromatic carbocycles. The van der Waals surface area contributed by atoms with Crippen LogP contribution >= 0.6 is 15.9 Å². The fourth-order valence-corrected chi connectivity index (χ4v) is 2.63. The first-order valence-electron chi connectivity index (χ1n) is 7.27. The van der Waals surface area contributed by atoms with Crippen molar-refractivity contribution in [1.82, 2.24) is 0 Å². The van der Waals surface area contributed by atoms with E-state index < -0.39 is 5.97 Å². The molecular formula is C16H23BrO4. The van der Waals surface area contributed by atoms with Crippen molar-refractivity contribution in [1.29, 1.82) is 0 Å². The van der Waals surface area contributed by atoms with Crippen molar-refractivity contribution >= 4 is 21.9 Å². The van der Waals surface area contributed by atoms with Crippen molar-refractivity contribution in [3.05, 3.63) is 22.2 Å². The Kier molecular flexibility index (Phi) is 7.57. The summed E-state index contributed by atoms with van der Waals surface area (Å²) in [5, 5.41) is 8.80. The standard InChI is InChI=1S/C16H23BrO4/c1-4-20-14-9-12(7-6-11(3)8-16(18)19)13(17)10-15(14)21-5-2/h9-11H,4-8H2,1-3H3,(H,18,19). The van der Waals surface area contributed by atoms with E-state index in [0.717, 1.165) is 34.4 Å². The molecule has 0 fully saturated rings. The number of aliphatic carboxylic acids is 1. The van der Waals surface area contributed by atoms with E-state index >= 15 is 0 Å². The van der Waals surface area contributed by atoms with Crippen molar-refractivity contribution in [2.75, 3.05) is 13.2 Å². The van der Waals surface area contributed by atoms with Gasteiger partial charge in [-0.05, 0) is 50.3 Å². The van der Waals surface area contributed by atoms with E-state index in [-0.39, 0.29) is 12.3 Å². The highest BCUT2D eigenvalue weighted by molar-refractivity contribution is 9.10. The molecule has 0 saturated heterocycles. The zero-order valence-corrected chi connectivity index (χ0v) is 14.4. The number of benzene rings is 1. The van der Waals surface area contributed by atoms with Crippen molar-refractivity contribution in [2.45, 2.75) is 40.0 Å². The number of ether oxygens (including phenoxy) is 2. The molecule has 118 valence electrons. The van der Waals surface area contributed by atoms with Crippen LogP contribution in [-0.4, -0.2) is 24.3 Å². The van der Waals surface area contributed by atoms with Gasteiger partial charge in [0.25, 0.3) is 0 Å². The van der Waals surface area contributed by atoms with Gasteiger partial charge < -0.3 is 14.6 Å². The number of aryl methyl sites for hydroxylation is 1.